The number of halogens is 1. The summed E-state index contributed by atoms with van der Waals surface area (Å²) in [6.45, 7) is 1.91. The van der Waals surface area contributed by atoms with Crippen molar-refractivity contribution in [2.24, 2.45) is 5.73 Å². The number of thiazole rings is 1. The average molecular weight is 372 g/mol. The Morgan fingerprint density at radius 1 is 1.35 bits per heavy atom. The Balaban J connectivity index is 1.63. The molecule has 9 heteroatoms. The van der Waals surface area contributed by atoms with E-state index in [9.17, 15) is 9.18 Å². The van der Waals surface area contributed by atoms with Crippen LogP contribution in [0.15, 0.2) is 36.1 Å². The third-order valence-corrected chi connectivity index (χ3v) is 4.46. The monoisotopic (exact) mass is 372 g/mol. The summed E-state index contributed by atoms with van der Waals surface area (Å²) in [5.41, 5.74) is 6.95. The third kappa shape index (κ3) is 4.57. The largest absolute Gasteiger partial charge is 0.369 e. The van der Waals surface area contributed by atoms with Gasteiger partial charge in [0.1, 0.15) is 10.8 Å². The summed E-state index contributed by atoms with van der Waals surface area (Å²) in [6.07, 6.45) is 5.39. The minimum absolute atomic E-state index is 0.0905. The van der Waals surface area contributed by atoms with Gasteiger partial charge in [-0.15, -0.1) is 11.3 Å². The zero-order valence-electron chi connectivity index (χ0n) is 14.0. The first-order valence-corrected chi connectivity index (χ1v) is 8.80. The van der Waals surface area contributed by atoms with Gasteiger partial charge in [0.25, 0.3) is 0 Å². The van der Waals surface area contributed by atoms with E-state index >= 15 is 0 Å². The molecule has 3 aromatic heterocycles. The van der Waals surface area contributed by atoms with Gasteiger partial charge in [-0.25, -0.2) is 19.3 Å². The normalized spacial score (nSPS) is 11.9. The molecule has 3 rings (SSSR count). The molecule has 0 bridgehead atoms. The number of hydrogen-bond acceptors (Lipinski definition) is 7. The van der Waals surface area contributed by atoms with Gasteiger partial charge in [0.2, 0.25) is 11.9 Å². The van der Waals surface area contributed by atoms with Gasteiger partial charge < -0.3 is 11.1 Å². The zero-order chi connectivity index (χ0) is 18.5. The van der Waals surface area contributed by atoms with E-state index in [1.54, 1.807) is 30.0 Å². The number of primary amides is 1. The molecule has 0 fully saturated rings. The third-order valence-electron chi connectivity index (χ3n) is 3.52. The molecule has 0 radical (unpaired) electrons. The predicted molar refractivity (Wildman–Crippen MR) is 97.0 cm³/mol. The number of carbonyl (C=O) groups excluding carboxylic acids is 1. The van der Waals surface area contributed by atoms with Gasteiger partial charge in [0.15, 0.2) is 0 Å². The second-order valence-corrected chi connectivity index (χ2v) is 6.62. The van der Waals surface area contributed by atoms with Crippen molar-refractivity contribution in [1.82, 2.24) is 19.9 Å². The summed E-state index contributed by atoms with van der Waals surface area (Å²) in [5.74, 6) is -0.310. The van der Waals surface area contributed by atoms with Crippen LogP contribution in [0.2, 0.25) is 0 Å². The maximum Gasteiger partial charge on any atom is 0.223 e. The van der Waals surface area contributed by atoms with E-state index in [-0.39, 0.29) is 18.3 Å². The molecule has 26 heavy (non-hydrogen) atoms. The standard InChI is InChI=1S/C17H17FN6OS/c1-10(5-14-13(18)3-2-4-20-14)23-17-21-7-11(8-22-17)16-24-12(9-26-16)6-15(19)25/h2-4,7-10H,5-6H2,1H3,(H2,19,25)(H,21,22,23). The van der Waals surface area contributed by atoms with Gasteiger partial charge in [0.05, 0.1) is 17.8 Å². The second-order valence-electron chi connectivity index (χ2n) is 5.76. The molecule has 0 aliphatic heterocycles. The van der Waals surface area contributed by atoms with E-state index < -0.39 is 5.91 Å². The fraction of sp³-hybridized carbons (Fsp3) is 0.235. The quantitative estimate of drug-likeness (QED) is 0.658. The number of pyridine rings is 1. The van der Waals surface area contributed by atoms with Crippen LogP contribution < -0.4 is 11.1 Å². The Kier molecular flexibility index (Phi) is 5.47. The lowest BCUT2D eigenvalue weighted by atomic mass is 10.1. The predicted octanol–water partition coefficient (Wildman–Crippen LogP) is 2.21. The molecule has 134 valence electrons. The number of nitrogens with one attached hydrogen (secondary N) is 1. The molecule has 3 aromatic rings. The number of rotatable bonds is 7. The van der Waals surface area contributed by atoms with Gasteiger partial charge in [-0.2, -0.15) is 0 Å². The Hall–Kier alpha value is -2.94. The van der Waals surface area contributed by atoms with Crippen LogP contribution in [0.5, 0.6) is 0 Å². The fourth-order valence-corrected chi connectivity index (χ4v) is 3.14. The molecule has 0 spiro atoms. The Morgan fingerprint density at radius 2 is 2.12 bits per heavy atom. The minimum Gasteiger partial charge on any atom is -0.369 e. The molecule has 3 N–H and O–H groups in total. The summed E-state index contributed by atoms with van der Waals surface area (Å²) < 4.78 is 13.7. The highest BCUT2D eigenvalue weighted by Gasteiger charge is 2.11. The van der Waals surface area contributed by atoms with Crippen molar-refractivity contribution in [3.63, 3.8) is 0 Å². The van der Waals surface area contributed by atoms with Crippen molar-refractivity contribution in [2.45, 2.75) is 25.8 Å². The molecule has 3 heterocycles. The summed E-state index contributed by atoms with van der Waals surface area (Å²) in [4.78, 5) is 27.9. The van der Waals surface area contributed by atoms with Gasteiger partial charge in [-0.1, -0.05) is 0 Å². The number of nitrogens with two attached hydrogens (primary N) is 1. The number of amides is 1. The first-order chi connectivity index (χ1) is 12.5. The molecule has 0 aliphatic carbocycles. The van der Waals surface area contributed by atoms with Crippen LogP contribution in [0.4, 0.5) is 10.3 Å². The molecule has 1 amide bonds. The first kappa shape index (κ1) is 17.9. The molecular formula is C17H17FN6OS. The molecule has 1 unspecified atom stereocenters. The van der Waals surface area contributed by atoms with Gasteiger partial charge in [-0.3, -0.25) is 9.78 Å². The number of anilines is 1. The van der Waals surface area contributed by atoms with Crippen LogP contribution >= 0.6 is 11.3 Å². The van der Waals surface area contributed by atoms with Gasteiger partial charge in [0, 0.05) is 42.0 Å². The Labute approximate surface area is 153 Å². The molecule has 7 nitrogen and oxygen atoms in total. The van der Waals surface area contributed by atoms with Crippen molar-refractivity contribution in [1.29, 1.82) is 0 Å². The summed E-state index contributed by atoms with van der Waals surface area (Å²) >= 11 is 1.40. The maximum atomic E-state index is 13.7. The van der Waals surface area contributed by atoms with Crippen molar-refractivity contribution in [2.75, 3.05) is 5.32 Å². The average Bonchev–Trinajstić information content (AvgIpc) is 3.05. The molecule has 0 saturated carbocycles. The van der Waals surface area contributed by atoms with E-state index in [1.807, 2.05) is 6.92 Å². The molecule has 0 aliphatic rings. The lowest BCUT2D eigenvalue weighted by Crippen LogP contribution is -2.20. The maximum absolute atomic E-state index is 13.7. The van der Waals surface area contributed by atoms with E-state index in [0.29, 0.717) is 23.8 Å². The minimum atomic E-state index is -0.420. The summed E-state index contributed by atoms with van der Waals surface area (Å²) in [5, 5.41) is 5.63. The van der Waals surface area contributed by atoms with E-state index in [0.717, 1.165) is 10.6 Å². The molecule has 0 aromatic carbocycles. The summed E-state index contributed by atoms with van der Waals surface area (Å²) in [6, 6.07) is 2.86. The van der Waals surface area contributed by atoms with Crippen LogP contribution in [-0.4, -0.2) is 31.9 Å². The van der Waals surface area contributed by atoms with Crippen LogP contribution in [0.1, 0.15) is 18.3 Å². The fourth-order valence-electron chi connectivity index (χ4n) is 2.34. The van der Waals surface area contributed by atoms with Gasteiger partial charge in [-0.05, 0) is 19.1 Å². The lowest BCUT2D eigenvalue weighted by molar-refractivity contribution is -0.117. The SMILES string of the molecule is CC(Cc1ncccc1F)Nc1ncc(-c2nc(CC(N)=O)cs2)cn1. The van der Waals surface area contributed by atoms with Crippen molar-refractivity contribution >= 4 is 23.2 Å². The smallest absolute Gasteiger partial charge is 0.223 e. The van der Waals surface area contributed by atoms with Gasteiger partial charge >= 0.3 is 0 Å². The van der Waals surface area contributed by atoms with E-state index in [1.165, 1.54) is 17.4 Å². The molecule has 0 saturated heterocycles. The topological polar surface area (TPSA) is 107 Å². The van der Waals surface area contributed by atoms with Crippen molar-refractivity contribution in [3.05, 3.63) is 53.3 Å². The highest BCUT2D eigenvalue weighted by atomic mass is 32.1. The Bertz CT molecular complexity index is 898. The lowest BCUT2D eigenvalue weighted by Gasteiger charge is -2.13. The van der Waals surface area contributed by atoms with E-state index in [4.69, 9.17) is 5.73 Å². The number of nitrogens with zero attached hydrogens (tertiary/aromatic N) is 4. The number of aromatic nitrogens is 4. The Morgan fingerprint density at radius 3 is 2.81 bits per heavy atom. The first-order valence-electron chi connectivity index (χ1n) is 7.92. The molecular weight excluding hydrogens is 355 g/mol. The summed E-state index contributed by atoms with van der Waals surface area (Å²) in [7, 11) is 0. The number of carbonyl (C=O) groups is 1. The van der Waals surface area contributed by atoms with Crippen molar-refractivity contribution < 1.29 is 9.18 Å². The highest BCUT2D eigenvalue weighted by Crippen LogP contribution is 2.23. The van der Waals surface area contributed by atoms with Crippen molar-refractivity contribution in [3.8, 4) is 10.6 Å². The highest BCUT2D eigenvalue weighted by molar-refractivity contribution is 7.13. The van der Waals surface area contributed by atoms with Crippen LogP contribution in [0.3, 0.4) is 0 Å². The second kappa shape index (κ2) is 7.96. The van der Waals surface area contributed by atoms with Crippen LogP contribution in [0.25, 0.3) is 10.6 Å². The molecule has 1 atom stereocenters. The zero-order valence-corrected chi connectivity index (χ0v) is 14.8. The number of hydrogen-bond donors (Lipinski definition) is 2. The van der Waals surface area contributed by atoms with Crippen LogP contribution in [0, 0.1) is 5.82 Å². The van der Waals surface area contributed by atoms with Crippen LogP contribution in [-0.2, 0) is 17.6 Å². The van der Waals surface area contributed by atoms with E-state index in [2.05, 4.69) is 25.3 Å².